The molecule has 6 heteroatoms. The fraction of sp³-hybridized carbons (Fsp3) is 0.0556. The maximum Gasteiger partial charge on any atom is 0.113 e. The Kier molecular flexibility index (Phi) is 14.5. The Balaban J connectivity index is 0.652. The molecule has 0 bridgehead atoms. The van der Waals surface area contributed by atoms with Crippen LogP contribution < -0.4 is 30.5 Å². The van der Waals surface area contributed by atoms with Crippen LogP contribution in [0.1, 0.15) is 44.5 Å². The minimum atomic E-state index is -2.49. The Morgan fingerprint density at radius 3 is 1.12 bits per heavy atom. The highest BCUT2D eigenvalue weighted by atomic mass is 28.3. The van der Waals surface area contributed by atoms with Crippen LogP contribution in [0.3, 0.4) is 0 Å². The number of nitrogens with zero attached hydrogens (tertiary/aromatic N) is 4. The van der Waals surface area contributed by atoms with Gasteiger partial charge in [-0.3, -0.25) is 0 Å². The molecular weight excluding hydrogens is 1410 g/mol. The van der Waals surface area contributed by atoms with Crippen molar-refractivity contribution in [3.05, 3.63) is 445 Å². The Bertz CT molecular complexity index is 7160. The van der Waals surface area contributed by atoms with Crippen LogP contribution in [0.4, 0.5) is 34.1 Å². The summed E-state index contributed by atoms with van der Waals surface area (Å²) in [6.45, 7) is 10.4. The van der Waals surface area contributed by atoms with Gasteiger partial charge in [0.15, 0.2) is 0 Å². The minimum Gasteiger partial charge on any atom is -0.311 e. The molecule has 0 saturated heterocycles. The standard InChI is InChI=1S/C108H78N4Si2/c1-113(2)100-56-22-17-46-90(100)107(88-44-15-20-53-97(88)111-96-52-19-14-38-85(96)86-42-27-48-92(107)103(86)111)94-50-25-40-84(105(94)113)74-62-68-80(69-63-74)110(77-35-12-7-13-36-77)81-37-24-32-75(70-81)82-39-29-55-99-102(82)87-43-28-49-93-104(87)112(99)98-54-21-16-45-89(98)108(93)91-47-18-23-57-101(91)114(3,4)106-83(41-26-51-95(106)108)73-60-66-79(67-61-73)109(76-33-10-6-11-34-76)78-64-58-72(59-65-78)71-30-8-5-9-31-71/h5-70H,1-4H3. The van der Waals surface area contributed by atoms with Gasteiger partial charge in [0.1, 0.15) is 16.1 Å². The molecule has 4 aliphatic rings. The van der Waals surface area contributed by atoms with Gasteiger partial charge < -0.3 is 18.9 Å². The van der Waals surface area contributed by atoms with Crippen LogP contribution in [-0.4, -0.2) is 25.3 Å². The summed E-state index contributed by atoms with van der Waals surface area (Å²) in [4.78, 5) is 4.83. The van der Waals surface area contributed by atoms with Gasteiger partial charge in [0.25, 0.3) is 0 Å². The van der Waals surface area contributed by atoms with Gasteiger partial charge in [-0.15, -0.1) is 0 Å². The monoisotopic (exact) mass is 1490 g/mol. The summed E-state index contributed by atoms with van der Waals surface area (Å²) >= 11 is 0. The first-order valence-electron chi connectivity index (χ1n) is 40.1. The average molecular weight is 1490 g/mol. The van der Waals surface area contributed by atoms with Crippen LogP contribution in [-0.2, 0) is 10.8 Å². The van der Waals surface area contributed by atoms with Crippen LogP contribution in [0.2, 0.25) is 26.2 Å². The van der Waals surface area contributed by atoms with Crippen LogP contribution in [0.5, 0.6) is 0 Å². The molecule has 2 spiro atoms. The first kappa shape index (κ1) is 66.2. The number of anilines is 6. The number of rotatable bonds is 10. The lowest BCUT2D eigenvalue weighted by Gasteiger charge is -2.50. The van der Waals surface area contributed by atoms with E-state index in [4.69, 9.17) is 0 Å². The molecule has 4 aliphatic heterocycles. The smallest absolute Gasteiger partial charge is 0.113 e. The van der Waals surface area contributed by atoms with E-state index < -0.39 is 27.0 Å². The second-order valence-corrected chi connectivity index (χ2v) is 41.1. The van der Waals surface area contributed by atoms with Crippen molar-refractivity contribution < 1.29 is 0 Å². The summed E-state index contributed by atoms with van der Waals surface area (Å²) in [5.74, 6) is 0. The number of benzene rings is 17. The van der Waals surface area contributed by atoms with E-state index in [0.29, 0.717) is 0 Å². The zero-order chi connectivity index (χ0) is 75.8. The van der Waals surface area contributed by atoms with Crippen molar-refractivity contribution in [1.82, 2.24) is 9.13 Å². The topological polar surface area (TPSA) is 16.3 Å². The highest BCUT2D eigenvalue weighted by Gasteiger charge is 2.56. The van der Waals surface area contributed by atoms with Gasteiger partial charge in [0, 0.05) is 55.7 Å². The van der Waals surface area contributed by atoms with Crippen molar-refractivity contribution in [2.24, 2.45) is 0 Å². The maximum atomic E-state index is 2.61. The number of hydrogen-bond acceptors (Lipinski definition) is 2. The van der Waals surface area contributed by atoms with Crippen molar-refractivity contribution >= 4 is 115 Å². The molecular formula is C108H78N4Si2. The van der Waals surface area contributed by atoms with Crippen molar-refractivity contribution in [1.29, 1.82) is 0 Å². The van der Waals surface area contributed by atoms with Gasteiger partial charge in [-0.1, -0.05) is 330 Å². The van der Waals surface area contributed by atoms with Gasteiger partial charge in [0.2, 0.25) is 0 Å². The number of fused-ring (bicyclic) bond motifs is 22. The second-order valence-electron chi connectivity index (χ2n) is 32.5. The molecule has 2 aromatic heterocycles. The van der Waals surface area contributed by atoms with Gasteiger partial charge in [-0.2, -0.15) is 0 Å². The molecule has 538 valence electrons. The zero-order valence-electron chi connectivity index (χ0n) is 63.9. The predicted octanol–water partition coefficient (Wildman–Crippen LogP) is 25.2. The maximum absolute atomic E-state index is 2.61. The minimum absolute atomic E-state index is 0.566. The number of para-hydroxylation sites is 7. The summed E-state index contributed by atoms with van der Waals surface area (Å²) in [6.07, 6.45) is 0. The highest BCUT2D eigenvalue weighted by Crippen LogP contribution is 2.59. The Hall–Kier alpha value is -13.6. The summed E-state index contributed by atoms with van der Waals surface area (Å²) < 4.78 is 5.17. The quantitative estimate of drug-likeness (QED) is 0.127. The third kappa shape index (κ3) is 9.14. The highest BCUT2D eigenvalue weighted by molar-refractivity contribution is 7.03. The lowest BCUT2D eigenvalue weighted by molar-refractivity contribution is 0.732. The summed E-state index contributed by atoms with van der Waals surface area (Å²) in [6, 6.07) is 152. The lowest BCUT2D eigenvalue weighted by Crippen LogP contribution is -2.64. The van der Waals surface area contributed by atoms with Crippen molar-refractivity contribution in [2.75, 3.05) is 9.80 Å². The summed E-state index contributed by atoms with van der Waals surface area (Å²) in [7, 11) is -4.92. The van der Waals surface area contributed by atoms with E-state index in [9.17, 15) is 0 Å². The Labute approximate surface area is 666 Å². The predicted molar refractivity (Wildman–Crippen MR) is 483 cm³/mol. The molecule has 0 radical (unpaired) electrons. The molecule has 0 amide bonds. The van der Waals surface area contributed by atoms with Crippen LogP contribution in [0.25, 0.3) is 99.5 Å². The Morgan fingerprint density at radius 2 is 0.570 bits per heavy atom. The van der Waals surface area contributed by atoms with Gasteiger partial charge in [0.05, 0.1) is 44.3 Å². The molecule has 0 fully saturated rings. The summed E-state index contributed by atoms with van der Waals surface area (Å²) in [5.41, 5.74) is 33.5. The van der Waals surface area contributed by atoms with Gasteiger partial charge in [-0.25, -0.2) is 0 Å². The fourth-order valence-corrected chi connectivity index (χ4v) is 28.7. The first-order valence-corrected chi connectivity index (χ1v) is 46.1. The SMILES string of the molecule is C[Si]1(C)c2ccccc2C2(c3ccccc3-n3c4ccccc4c4cccc2c43)c2cccc(-c3ccc(N(c4ccccc4)c4cccc(-c5cccc6c5c5cccc7c5n6-c5ccccc5C75c6ccccc6[Si](C)(C)c6c(-c7ccc(N(c8ccccc8)c8ccc(-c9ccccc9)cc8)cc7)cccc65)c4)cc3)c21. The van der Waals surface area contributed by atoms with E-state index in [1.54, 1.807) is 0 Å². The first-order chi connectivity index (χ1) is 56.1. The normalized spacial score (nSPS) is 16.1. The van der Waals surface area contributed by atoms with Crippen molar-refractivity contribution in [2.45, 2.75) is 37.0 Å². The van der Waals surface area contributed by atoms with Crippen LogP contribution in [0, 0.1) is 0 Å². The molecule has 23 rings (SSSR count). The molecule has 19 aromatic rings. The summed E-state index contributed by atoms with van der Waals surface area (Å²) in [5, 5.41) is 11.0. The van der Waals surface area contributed by atoms with E-state index in [1.165, 1.54) is 159 Å². The third-order valence-electron chi connectivity index (χ3n) is 26.2. The van der Waals surface area contributed by atoms with Crippen LogP contribution >= 0.6 is 0 Å². The molecule has 114 heavy (non-hydrogen) atoms. The molecule has 17 aromatic carbocycles. The molecule has 0 aliphatic carbocycles. The second kappa shape index (κ2) is 24.9. The zero-order valence-corrected chi connectivity index (χ0v) is 65.9. The van der Waals surface area contributed by atoms with Crippen LogP contribution in [0.15, 0.2) is 400 Å². The van der Waals surface area contributed by atoms with Crippen molar-refractivity contribution in [3.8, 4) is 55.9 Å². The average Bonchev–Trinajstić information content (AvgIpc) is 1.23. The number of aromatic nitrogens is 2. The van der Waals surface area contributed by atoms with Gasteiger partial charge >= 0.3 is 0 Å². The van der Waals surface area contributed by atoms with E-state index in [-0.39, 0.29) is 0 Å². The lowest BCUT2D eigenvalue weighted by atomic mass is 9.62. The largest absolute Gasteiger partial charge is 0.311 e. The van der Waals surface area contributed by atoms with Crippen molar-refractivity contribution in [3.63, 3.8) is 0 Å². The van der Waals surface area contributed by atoms with E-state index in [0.717, 1.165) is 39.7 Å². The molecule has 0 N–H and O–H groups in total. The molecule has 2 atom stereocenters. The molecule has 6 heterocycles. The fourth-order valence-electron chi connectivity index (χ4n) is 21.6. The Morgan fingerprint density at radius 1 is 0.228 bits per heavy atom. The van der Waals surface area contributed by atoms with Gasteiger partial charge in [-0.05, 0) is 207 Å². The van der Waals surface area contributed by atoms with E-state index in [2.05, 4.69) is 446 Å². The molecule has 4 nitrogen and oxygen atoms in total. The molecule has 0 saturated carbocycles. The number of hydrogen-bond donors (Lipinski definition) is 0. The van der Waals surface area contributed by atoms with E-state index in [1.807, 2.05) is 0 Å². The molecule has 2 unspecified atom stereocenters. The third-order valence-corrected chi connectivity index (χ3v) is 33.3. The van der Waals surface area contributed by atoms with E-state index >= 15 is 0 Å².